The van der Waals surface area contributed by atoms with Gasteiger partial charge in [-0.3, -0.25) is 91.7 Å². The van der Waals surface area contributed by atoms with Crippen LogP contribution in [0.15, 0.2) is 160 Å². The lowest BCUT2D eigenvalue weighted by molar-refractivity contribution is -0.138. The van der Waals surface area contributed by atoms with Crippen LogP contribution in [0, 0.1) is 17.5 Å². The predicted molar refractivity (Wildman–Crippen MR) is 499 cm³/mol. The summed E-state index contributed by atoms with van der Waals surface area (Å²) in [5.74, 6) is -7.91. The number of carbonyl (C=O) groups is 13. The van der Waals surface area contributed by atoms with Crippen LogP contribution in [0.4, 0.5) is 47.3 Å². The van der Waals surface area contributed by atoms with Gasteiger partial charge in [0, 0.05) is 79.6 Å². The van der Waals surface area contributed by atoms with Gasteiger partial charge in [0.25, 0.3) is 41.4 Å². The topological polar surface area (TPSA) is 358 Å². The zero-order chi connectivity index (χ0) is 91.6. The van der Waals surface area contributed by atoms with Crippen molar-refractivity contribution in [3.8, 4) is 0 Å². The highest BCUT2D eigenvalue weighted by Gasteiger charge is 2.46. The molecular weight excluding hydrogens is 1750 g/mol. The molecule has 0 radical (unpaired) electrons. The summed E-state index contributed by atoms with van der Waals surface area (Å²) in [5, 5.41) is 41.5. The molecule has 7 N–H and O–H groups in total. The summed E-state index contributed by atoms with van der Waals surface area (Å²) in [6.45, 7) is 1.70. The third-order valence-electron chi connectivity index (χ3n) is 20.9. The molecule has 12 rings (SSSR count). The van der Waals surface area contributed by atoms with E-state index in [1.54, 1.807) is 87.5 Å². The summed E-state index contributed by atoms with van der Waals surface area (Å²) in [7, 11) is 0. The number of para-hydroxylation sites is 3. The number of amides is 9. The first-order valence-electron chi connectivity index (χ1n) is 42.1. The fourth-order valence-corrected chi connectivity index (χ4v) is 18.8. The number of hydrogen-bond donors (Lipinski definition) is 7. The number of fused-ring (bicyclic) bond motifs is 3. The average molecular weight is 1850 g/mol. The molecule has 0 unspecified atom stereocenters. The Kier molecular flexibility index (Phi) is 39.5. The molecule has 6 heterocycles. The van der Waals surface area contributed by atoms with Crippen molar-refractivity contribution in [3.05, 3.63) is 194 Å². The van der Waals surface area contributed by atoms with E-state index < -0.39 is 76.8 Å². The van der Waals surface area contributed by atoms with Crippen LogP contribution in [0.25, 0.3) is 16.7 Å². The number of thioether (sulfide) groups is 3. The molecule has 127 heavy (non-hydrogen) atoms. The van der Waals surface area contributed by atoms with Crippen LogP contribution in [0.3, 0.4) is 0 Å². The summed E-state index contributed by atoms with van der Waals surface area (Å²) >= 11 is 19.9. The lowest BCUT2D eigenvalue weighted by Crippen LogP contribution is -2.35. The molecule has 0 bridgehead atoms. The first kappa shape index (κ1) is 99.5. The van der Waals surface area contributed by atoms with E-state index in [1.807, 2.05) is 0 Å². The normalized spacial score (nSPS) is 16.1. The number of aliphatic carboxylic acids is 4. The van der Waals surface area contributed by atoms with Crippen LogP contribution in [0.1, 0.15) is 197 Å². The van der Waals surface area contributed by atoms with E-state index in [0.29, 0.717) is 103 Å². The molecule has 0 saturated carbocycles. The molecule has 26 nitrogen and oxygen atoms in total. The maximum atomic E-state index is 13.6. The summed E-state index contributed by atoms with van der Waals surface area (Å²) in [4.78, 5) is 169. The van der Waals surface area contributed by atoms with Crippen molar-refractivity contribution >= 4 is 213 Å². The van der Waals surface area contributed by atoms with Gasteiger partial charge in [0.15, 0.2) is 0 Å². The number of carboxylic acids is 4. The van der Waals surface area contributed by atoms with Gasteiger partial charge in [0.1, 0.15) is 50.0 Å². The quantitative estimate of drug-likeness (QED) is 0.0106. The van der Waals surface area contributed by atoms with Crippen LogP contribution in [-0.4, -0.2) is 164 Å². The van der Waals surface area contributed by atoms with E-state index in [4.69, 9.17) is 61.9 Å². The molecule has 0 aromatic heterocycles. The number of nitrogens with one attached hydrogen (secondary N) is 3. The first-order chi connectivity index (χ1) is 61.0. The Balaban J connectivity index is 0.000000211. The van der Waals surface area contributed by atoms with Gasteiger partial charge in [0.05, 0.1) is 48.5 Å². The molecule has 6 aromatic rings. The van der Waals surface area contributed by atoms with Gasteiger partial charge in [-0.15, -0.1) is 0 Å². The minimum atomic E-state index is -0.833. The first-order valence-corrected chi connectivity index (χ1v) is 45.8. The predicted octanol–water partition coefficient (Wildman–Crippen LogP) is 18.0. The third kappa shape index (κ3) is 29.4. The van der Waals surface area contributed by atoms with Crippen LogP contribution < -0.4 is 30.7 Å². The number of anilines is 6. The zero-order valence-corrected chi connectivity index (χ0v) is 75.0. The van der Waals surface area contributed by atoms with E-state index in [-0.39, 0.29) is 88.1 Å². The van der Waals surface area contributed by atoms with Gasteiger partial charge < -0.3 is 36.4 Å². The van der Waals surface area contributed by atoms with Crippen molar-refractivity contribution in [2.75, 3.05) is 69.9 Å². The molecule has 9 amide bonds. The standard InChI is InChI=1S/3C30H32FN3O5S2.C2H4O2/c3*31-20-14-16-21(17-15-20)32-24(35)19-34-23-12-9-8-11-22(23)26(28(34)38)27-29(39)33(30(40)41-27)18-10-6-4-2-1-3-5-7-13-25(36)37;1-2(3)4/h3*8-9,11-12,14-17H,1-7,10,13,18-19H2,(H,32,35)(H,36,37);1H3,(H,3,4)/b3*27-26-;. The van der Waals surface area contributed by atoms with Crippen molar-refractivity contribution in [2.45, 2.75) is 180 Å². The van der Waals surface area contributed by atoms with Gasteiger partial charge in [-0.1, -0.05) is 242 Å². The smallest absolute Gasteiger partial charge is 0.303 e. The third-order valence-corrected chi connectivity index (χ3v) is 25.2. The van der Waals surface area contributed by atoms with E-state index in [2.05, 4.69) is 16.0 Å². The summed E-state index contributed by atoms with van der Waals surface area (Å²) < 4.78 is 40.8. The number of carbonyl (C=O) groups excluding carboxylic acids is 9. The highest BCUT2D eigenvalue weighted by molar-refractivity contribution is 8.27. The zero-order valence-electron chi connectivity index (χ0n) is 70.1. The second kappa shape index (κ2) is 50.3. The number of halogens is 3. The van der Waals surface area contributed by atoms with Crippen LogP contribution in [-0.2, 0) is 62.3 Å². The molecule has 6 aromatic carbocycles. The fourth-order valence-electron chi connectivity index (χ4n) is 14.6. The van der Waals surface area contributed by atoms with Crippen molar-refractivity contribution in [2.24, 2.45) is 0 Å². The molecule has 3 saturated heterocycles. The van der Waals surface area contributed by atoms with E-state index in [0.717, 1.165) is 177 Å². The minimum Gasteiger partial charge on any atom is -0.481 e. The fraction of sp³-hybridized carbons (Fsp3) is 0.370. The number of thiocarbonyl (C=S) groups is 3. The van der Waals surface area contributed by atoms with E-state index in [1.165, 1.54) is 87.5 Å². The van der Waals surface area contributed by atoms with Gasteiger partial charge in [-0.05, 0) is 130 Å². The van der Waals surface area contributed by atoms with Gasteiger partial charge in [-0.25, -0.2) is 13.2 Å². The lowest BCUT2D eigenvalue weighted by Gasteiger charge is -2.17. The SMILES string of the molecule is CC(=O)O.O=C(O)CCCCCCCCCCN1C(=O)/C(=C2/C(=O)N(CC(=O)Nc3ccc(F)cc3)c3ccccc32)SC1=S.O=C(O)CCCCCCCCCCN1C(=O)/C(=C2/C(=O)N(CC(=O)Nc3ccc(F)cc3)c3ccccc32)SC1=S.O=C(O)CCCCCCCCCCN1C(=O)/C(=C2/C(=O)N(CC(=O)Nc3ccc(F)cc3)c3ccccc32)SC1=S. The number of nitrogens with zero attached hydrogens (tertiary/aromatic N) is 6. The molecule has 6 aliphatic rings. The van der Waals surface area contributed by atoms with Crippen molar-refractivity contribution in [1.82, 2.24) is 14.7 Å². The Morgan fingerprint density at radius 2 is 0.504 bits per heavy atom. The van der Waals surface area contributed by atoms with Crippen molar-refractivity contribution in [3.63, 3.8) is 0 Å². The Hall–Kier alpha value is -11.2. The molecule has 672 valence electrons. The molecule has 35 heteroatoms. The molecule has 6 aliphatic heterocycles. The largest absolute Gasteiger partial charge is 0.481 e. The second-order valence-corrected chi connectivity index (χ2v) is 35.3. The number of rotatable bonds is 42. The maximum Gasteiger partial charge on any atom is 0.303 e. The maximum absolute atomic E-state index is 13.6. The van der Waals surface area contributed by atoms with Crippen LogP contribution >= 0.6 is 71.9 Å². The second-order valence-electron chi connectivity index (χ2n) is 30.4. The molecular formula is C92H100F3N9O17S6. The van der Waals surface area contributed by atoms with Crippen LogP contribution in [0.2, 0.25) is 0 Å². The highest BCUT2D eigenvalue weighted by atomic mass is 32.2. The van der Waals surface area contributed by atoms with E-state index in [9.17, 15) is 70.7 Å². The van der Waals surface area contributed by atoms with Crippen LogP contribution in [0.5, 0.6) is 0 Å². The number of benzene rings is 6. The van der Waals surface area contributed by atoms with Gasteiger partial charge >= 0.3 is 17.9 Å². The van der Waals surface area contributed by atoms with Gasteiger partial charge in [0.2, 0.25) is 17.7 Å². The summed E-state index contributed by atoms with van der Waals surface area (Å²) in [6.07, 6.45) is 23.3. The minimum absolute atomic E-state index is 0.224. The highest BCUT2D eigenvalue weighted by Crippen LogP contribution is 2.48. The molecule has 0 spiro atoms. The molecule has 0 aliphatic carbocycles. The van der Waals surface area contributed by atoms with E-state index >= 15 is 0 Å². The summed E-state index contributed by atoms with van der Waals surface area (Å²) in [6, 6.07) is 37.2. The molecule has 3 fully saturated rings. The van der Waals surface area contributed by atoms with Crippen molar-refractivity contribution < 1.29 is 95.9 Å². The lowest BCUT2D eigenvalue weighted by atomic mass is 10.1. The number of unbranched alkanes of at least 4 members (excludes halogenated alkanes) is 21. The molecule has 0 atom stereocenters. The monoisotopic (exact) mass is 1850 g/mol. The summed E-state index contributed by atoms with van der Waals surface area (Å²) in [5.41, 5.74) is 5.33. The Bertz CT molecular complexity index is 4690. The van der Waals surface area contributed by atoms with Crippen molar-refractivity contribution in [1.29, 1.82) is 0 Å². The van der Waals surface area contributed by atoms with Gasteiger partial charge in [-0.2, -0.15) is 0 Å². The average Bonchev–Trinajstić information content (AvgIpc) is 1.61. The number of hydrogen-bond acceptors (Lipinski definition) is 19. The Labute approximate surface area is 762 Å². The Morgan fingerprint density at radius 3 is 0.724 bits per heavy atom. The number of carboxylic acid groups (broad SMARTS) is 4. The Morgan fingerprint density at radius 1 is 0.299 bits per heavy atom.